The van der Waals surface area contributed by atoms with Crippen LogP contribution in [0.5, 0.6) is 0 Å². The van der Waals surface area contributed by atoms with Gasteiger partial charge in [0.15, 0.2) is 0 Å². The van der Waals surface area contributed by atoms with Crippen LogP contribution in [-0.2, 0) is 11.3 Å². The first-order valence-electron chi connectivity index (χ1n) is 8.20. The predicted molar refractivity (Wildman–Crippen MR) is 95.8 cm³/mol. The van der Waals surface area contributed by atoms with Gasteiger partial charge < -0.3 is 19.7 Å². The van der Waals surface area contributed by atoms with Crippen LogP contribution in [0.1, 0.15) is 27.9 Å². The lowest BCUT2D eigenvalue weighted by molar-refractivity contribution is 0.0876. The van der Waals surface area contributed by atoms with Crippen molar-refractivity contribution < 1.29 is 14.6 Å². The van der Waals surface area contributed by atoms with E-state index in [1.807, 2.05) is 31.2 Å². The molecule has 0 aliphatic carbocycles. The zero-order chi connectivity index (χ0) is 18.2. The molecule has 25 heavy (non-hydrogen) atoms. The number of carbonyl (C=O) groups excluding carboxylic acids is 1. The average molecular weight is 344 g/mol. The van der Waals surface area contributed by atoms with Crippen LogP contribution in [-0.4, -0.2) is 41.9 Å². The number of aryl methyl sites for hydroxylation is 1. The molecule has 1 atom stereocenters. The molecule has 1 aromatic carbocycles. The summed E-state index contributed by atoms with van der Waals surface area (Å²) in [5, 5.41) is 11.8. The van der Waals surface area contributed by atoms with E-state index in [-0.39, 0.29) is 30.4 Å². The molecule has 1 heterocycles. The van der Waals surface area contributed by atoms with Crippen LogP contribution in [0.3, 0.4) is 0 Å². The predicted octanol–water partition coefficient (Wildman–Crippen LogP) is 1.33. The van der Waals surface area contributed by atoms with Crippen LogP contribution in [0.2, 0.25) is 0 Å². The van der Waals surface area contributed by atoms with Crippen molar-refractivity contribution in [1.29, 1.82) is 0 Å². The first kappa shape index (κ1) is 18.9. The topological polar surface area (TPSA) is 80.6 Å². The number of pyridine rings is 1. The van der Waals surface area contributed by atoms with Gasteiger partial charge in [0.05, 0.1) is 19.2 Å². The quantitative estimate of drug-likeness (QED) is 0.757. The van der Waals surface area contributed by atoms with Crippen molar-refractivity contribution >= 4 is 5.91 Å². The molecule has 0 bridgehead atoms. The fourth-order valence-corrected chi connectivity index (χ4v) is 2.66. The summed E-state index contributed by atoms with van der Waals surface area (Å²) >= 11 is 0. The van der Waals surface area contributed by atoms with Crippen LogP contribution in [0.4, 0.5) is 0 Å². The van der Waals surface area contributed by atoms with E-state index in [0.29, 0.717) is 13.0 Å². The third-order valence-corrected chi connectivity index (χ3v) is 3.88. The Morgan fingerprint density at radius 2 is 2.12 bits per heavy atom. The molecule has 0 fully saturated rings. The van der Waals surface area contributed by atoms with E-state index in [1.165, 1.54) is 17.7 Å². The second-order valence-electron chi connectivity index (χ2n) is 5.98. The Kier molecular flexibility index (Phi) is 6.91. The van der Waals surface area contributed by atoms with Crippen molar-refractivity contribution in [3.8, 4) is 0 Å². The number of carbonyl (C=O) groups is 1. The van der Waals surface area contributed by atoms with E-state index in [4.69, 9.17) is 9.84 Å². The molecule has 134 valence electrons. The number of rotatable bonds is 8. The van der Waals surface area contributed by atoms with Crippen LogP contribution < -0.4 is 10.9 Å². The smallest absolute Gasteiger partial charge is 0.263 e. The lowest BCUT2D eigenvalue weighted by Crippen LogP contribution is -2.41. The molecule has 0 aliphatic rings. The van der Waals surface area contributed by atoms with Crippen LogP contribution in [0, 0.1) is 6.92 Å². The lowest BCUT2D eigenvalue weighted by atomic mass is 10.1. The Labute approximate surface area is 147 Å². The fourth-order valence-electron chi connectivity index (χ4n) is 2.66. The second-order valence-corrected chi connectivity index (χ2v) is 5.98. The Balaban J connectivity index is 2.19. The molecule has 0 spiro atoms. The number of nitrogens with zero attached hydrogens (tertiary/aromatic N) is 1. The van der Waals surface area contributed by atoms with Gasteiger partial charge in [-0.1, -0.05) is 29.8 Å². The Morgan fingerprint density at radius 3 is 2.80 bits per heavy atom. The summed E-state index contributed by atoms with van der Waals surface area (Å²) in [7, 11) is 1.52. The maximum Gasteiger partial charge on any atom is 0.263 e. The molecule has 1 aromatic heterocycles. The highest BCUT2D eigenvalue weighted by Crippen LogP contribution is 2.06. The van der Waals surface area contributed by atoms with Crippen molar-refractivity contribution in [3.05, 3.63) is 69.6 Å². The molecule has 2 rings (SSSR count). The van der Waals surface area contributed by atoms with Crippen molar-refractivity contribution in [2.75, 3.05) is 20.3 Å². The fraction of sp³-hybridized carbons (Fsp3) is 0.368. The molecule has 1 amide bonds. The summed E-state index contributed by atoms with van der Waals surface area (Å²) in [6.07, 6.45) is 2.03. The number of ether oxygens (including phenoxy) is 1. The second kappa shape index (κ2) is 9.15. The van der Waals surface area contributed by atoms with E-state index in [1.54, 1.807) is 12.3 Å². The van der Waals surface area contributed by atoms with E-state index in [9.17, 15) is 9.59 Å². The number of amides is 1. The van der Waals surface area contributed by atoms with Crippen molar-refractivity contribution in [2.24, 2.45) is 0 Å². The number of methoxy groups -OCH3 is 1. The van der Waals surface area contributed by atoms with Gasteiger partial charge in [0, 0.05) is 19.9 Å². The minimum Gasteiger partial charge on any atom is -0.396 e. The van der Waals surface area contributed by atoms with Crippen molar-refractivity contribution in [3.63, 3.8) is 0 Å². The molecular formula is C19H24N2O4. The van der Waals surface area contributed by atoms with Gasteiger partial charge in [0.1, 0.15) is 5.56 Å². The number of hydrogen-bond donors (Lipinski definition) is 2. The monoisotopic (exact) mass is 344 g/mol. The molecular weight excluding hydrogens is 320 g/mol. The van der Waals surface area contributed by atoms with Crippen molar-refractivity contribution in [2.45, 2.75) is 25.9 Å². The molecule has 0 saturated carbocycles. The third-order valence-electron chi connectivity index (χ3n) is 3.88. The van der Waals surface area contributed by atoms with Crippen LogP contribution >= 0.6 is 0 Å². The minimum absolute atomic E-state index is 0.0688. The molecule has 6 heteroatoms. The standard InChI is InChI=1S/C19H24N2O4/c1-14-5-3-6-15(11-14)12-21-9-4-7-17(19(21)24)18(23)20-16(8-10-22)13-25-2/h3-7,9,11,16,22H,8,10,12-13H2,1-2H3,(H,20,23). The highest BCUT2D eigenvalue weighted by Gasteiger charge is 2.17. The number of aliphatic hydroxyl groups is 1. The Hall–Kier alpha value is -2.44. The maximum absolute atomic E-state index is 12.6. The Bertz CT molecular complexity index is 764. The van der Waals surface area contributed by atoms with Crippen LogP contribution in [0.15, 0.2) is 47.4 Å². The summed E-state index contributed by atoms with van der Waals surface area (Å²) < 4.78 is 6.54. The van der Waals surface area contributed by atoms with Crippen molar-refractivity contribution in [1.82, 2.24) is 9.88 Å². The molecule has 2 aromatic rings. The van der Waals surface area contributed by atoms with Gasteiger partial charge in [-0.15, -0.1) is 0 Å². The first-order chi connectivity index (χ1) is 12.0. The molecule has 0 radical (unpaired) electrons. The van der Waals surface area contributed by atoms with E-state index >= 15 is 0 Å². The zero-order valence-corrected chi connectivity index (χ0v) is 14.6. The largest absolute Gasteiger partial charge is 0.396 e. The maximum atomic E-state index is 12.6. The SMILES string of the molecule is COCC(CCO)NC(=O)c1cccn(Cc2cccc(C)c2)c1=O. The number of benzene rings is 1. The highest BCUT2D eigenvalue weighted by atomic mass is 16.5. The average Bonchev–Trinajstić information content (AvgIpc) is 2.57. The van der Waals surface area contributed by atoms with Gasteiger partial charge in [-0.05, 0) is 31.0 Å². The normalized spacial score (nSPS) is 12.0. The molecule has 0 saturated heterocycles. The molecule has 1 unspecified atom stereocenters. The van der Waals surface area contributed by atoms with E-state index in [0.717, 1.165) is 11.1 Å². The molecule has 0 aliphatic heterocycles. The van der Waals surface area contributed by atoms with E-state index < -0.39 is 5.91 Å². The van der Waals surface area contributed by atoms with E-state index in [2.05, 4.69) is 5.32 Å². The van der Waals surface area contributed by atoms with Crippen LogP contribution in [0.25, 0.3) is 0 Å². The summed E-state index contributed by atoms with van der Waals surface area (Å²) in [5.74, 6) is -0.459. The van der Waals surface area contributed by atoms with Gasteiger partial charge in [-0.25, -0.2) is 0 Å². The van der Waals surface area contributed by atoms with Gasteiger partial charge in [-0.2, -0.15) is 0 Å². The number of hydrogen-bond acceptors (Lipinski definition) is 4. The summed E-state index contributed by atoms with van der Waals surface area (Å²) in [4.78, 5) is 25.0. The van der Waals surface area contributed by atoms with Gasteiger partial charge in [0.2, 0.25) is 0 Å². The van der Waals surface area contributed by atoms with Gasteiger partial charge in [0.25, 0.3) is 11.5 Å². The molecule has 6 nitrogen and oxygen atoms in total. The van der Waals surface area contributed by atoms with Gasteiger partial charge in [-0.3, -0.25) is 9.59 Å². The van der Waals surface area contributed by atoms with Gasteiger partial charge >= 0.3 is 0 Å². The Morgan fingerprint density at radius 1 is 1.32 bits per heavy atom. The summed E-state index contributed by atoms with van der Waals surface area (Å²) in [5.41, 5.74) is 1.85. The summed E-state index contributed by atoms with van der Waals surface area (Å²) in [6, 6.07) is 10.7. The highest BCUT2D eigenvalue weighted by molar-refractivity contribution is 5.94. The zero-order valence-electron chi connectivity index (χ0n) is 14.6. The summed E-state index contributed by atoms with van der Waals surface area (Å²) in [6.45, 7) is 2.60. The number of aliphatic hydroxyl groups excluding tert-OH is 1. The lowest BCUT2D eigenvalue weighted by Gasteiger charge is -2.17. The molecule has 2 N–H and O–H groups in total. The minimum atomic E-state index is -0.459. The number of aromatic nitrogens is 1. The first-order valence-corrected chi connectivity index (χ1v) is 8.20. The third kappa shape index (κ3) is 5.27. The number of nitrogens with one attached hydrogen (secondary N) is 1.